The van der Waals surface area contributed by atoms with E-state index >= 15 is 0 Å². The maximum absolute atomic E-state index is 12.2. The highest BCUT2D eigenvalue weighted by molar-refractivity contribution is 8.00. The van der Waals surface area contributed by atoms with Gasteiger partial charge in [0, 0.05) is 23.2 Å². The molecule has 0 saturated carbocycles. The highest BCUT2D eigenvalue weighted by atomic mass is 35.5. The van der Waals surface area contributed by atoms with Gasteiger partial charge in [0.05, 0.1) is 10.8 Å². The van der Waals surface area contributed by atoms with Crippen LogP contribution in [0, 0.1) is 0 Å². The van der Waals surface area contributed by atoms with Crippen molar-refractivity contribution in [1.82, 2.24) is 0 Å². The van der Waals surface area contributed by atoms with Gasteiger partial charge >= 0.3 is 6.61 Å². The van der Waals surface area contributed by atoms with Crippen LogP contribution in [0.2, 0.25) is 5.02 Å². The molecule has 2 amide bonds. The first-order valence-corrected chi connectivity index (χ1v) is 8.74. The number of rotatable bonds is 7. The Morgan fingerprint density at radius 2 is 1.77 bits per heavy atom. The first kappa shape index (κ1) is 20.0. The van der Waals surface area contributed by atoms with Crippen LogP contribution in [0.1, 0.15) is 6.92 Å². The summed E-state index contributed by atoms with van der Waals surface area (Å²) in [5.74, 6) is -0.451. The normalized spacial score (nSPS) is 10.5. The van der Waals surface area contributed by atoms with Crippen molar-refractivity contribution in [1.29, 1.82) is 0 Å². The number of carbonyl (C=O) groups excluding carboxylic acids is 2. The van der Waals surface area contributed by atoms with E-state index in [2.05, 4.69) is 15.4 Å². The predicted molar refractivity (Wildman–Crippen MR) is 98.2 cm³/mol. The number of alkyl halides is 2. The lowest BCUT2D eigenvalue weighted by molar-refractivity contribution is -0.114. The number of carbonyl (C=O) groups is 2. The Kier molecular flexibility index (Phi) is 7.23. The van der Waals surface area contributed by atoms with Crippen molar-refractivity contribution in [2.75, 3.05) is 16.4 Å². The molecule has 0 aliphatic carbocycles. The standard InChI is InChI=1S/C17H15ClF2N2O3S/c1-10(23)21-11-2-5-13(6-3-11)26-9-16(24)22-12-4-7-15(14(18)8-12)25-17(19)20/h2-8,17H,9H2,1H3,(H,21,23)(H,22,24). The lowest BCUT2D eigenvalue weighted by Crippen LogP contribution is -2.14. The summed E-state index contributed by atoms with van der Waals surface area (Å²) in [7, 11) is 0. The fraction of sp³-hybridized carbons (Fsp3) is 0.176. The van der Waals surface area contributed by atoms with Crippen LogP contribution >= 0.6 is 23.4 Å². The number of hydrogen-bond donors (Lipinski definition) is 2. The minimum atomic E-state index is -2.97. The van der Waals surface area contributed by atoms with Crippen molar-refractivity contribution < 1.29 is 23.1 Å². The van der Waals surface area contributed by atoms with Crippen molar-refractivity contribution in [2.45, 2.75) is 18.4 Å². The quantitative estimate of drug-likeness (QED) is 0.665. The Bertz CT molecular complexity index is 788. The van der Waals surface area contributed by atoms with E-state index in [1.807, 2.05) is 0 Å². The Morgan fingerprint density at radius 1 is 1.12 bits per heavy atom. The molecule has 2 aromatic carbocycles. The van der Waals surface area contributed by atoms with Gasteiger partial charge in [0.1, 0.15) is 5.75 Å². The zero-order valence-corrected chi connectivity index (χ0v) is 15.2. The van der Waals surface area contributed by atoms with Gasteiger partial charge in [-0.2, -0.15) is 8.78 Å². The molecule has 0 bridgehead atoms. The summed E-state index contributed by atoms with van der Waals surface area (Å²) in [5.41, 5.74) is 1.05. The third-order valence-electron chi connectivity index (χ3n) is 2.98. The van der Waals surface area contributed by atoms with Crippen LogP contribution < -0.4 is 15.4 Å². The molecule has 0 unspecified atom stereocenters. The summed E-state index contributed by atoms with van der Waals surface area (Å²) < 4.78 is 28.6. The molecule has 0 spiro atoms. The Hall–Kier alpha value is -2.32. The van der Waals surface area contributed by atoms with E-state index in [-0.39, 0.29) is 28.3 Å². The molecule has 9 heteroatoms. The third-order valence-corrected chi connectivity index (χ3v) is 4.28. The topological polar surface area (TPSA) is 67.4 Å². The first-order valence-electron chi connectivity index (χ1n) is 7.38. The SMILES string of the molecule is CC(=O)Nc1ccc(SCC(=O)Nc2ccc(OC(F)F)c(Cl)c2)cc1. The molecule has 0 atom stereocenters. The Labute approximate surface area is 158 Å². The fourth-order valence-corrected chi connectivity index (χ4v) is 2.88. The predicted octanol–water partition coefficient (Wildman–Crippen LogP) is 4.63. The van der Waals surface area contributed by atoms with Crippen molar-refractivity contribution >= 4 is 46.6 Å². The smallest absolute Gasteiger partial charge is 0.387 e. The second-order valence-corrected chi connectivity index (χ2v) is 6.52. The van der Waals surface area contributed by atoms with Gasteiger partial charge in [0.25, 0.3) is 0 Å². The van der Waals surface area contributed by atoms with E-state index in [1.165, 1.54) is 36.9 Å². The molecule has 26 heavy (non-hydrogen) atoms. The molecular formula is C17H15ClF2N2O3S. The van der Waals surface area contributed by atoms with E-state index in [4.69, 9.17) is 11.6 Å². The molecule has 0 fully saturated rings. The highest BCUT2D eigenvalue weighted by Crippen LogP contribution is 2.29. The molecular weight excluding hydrogens is 386 g/mol. The van der Waals surface area contributed by atoms with Crippen LogP contribution in [-0.4, -0.2) is 24.2 Å². The molecule has 2 rings (SSSR count). The molecule has 0 aliphatic rings. The summed E-state index contributed by atoms with van der Waals surface area (Å²) in [6.45, 7) is -1.55. The molecule has 2 aromatic rings. The summed E-state index contributed by atoms with van der Waals surface area (Å²) >= 11 is 7.15. The van der Waals surface area contributed by atoms with Gasteiger partial charge in [-0.1, -0.05) is 11.6 Å². The number of benzene rings is 2. The van der Waals surface area contributed by atoms with Crippen LogP contribution in [0.5, 0.6) is 5.75 Å². The van der Waals surface area contributed by atoms with E-state index in [1.54, 1.807) is 24.3 Å². The third kappa shape index (κ3) is 6.53. The van der Waals surface area contributed by atoms with Crippen LogP contribution in [0.3, 0.4) is 0 Å². The van der Waals surface area contributed by atoms with Gasteiger partial charge < -0.3 is 15.4 Å². The molecule has 0 saturated heterocycles. The molecule has 0 aliphatic heterocycles. The molecule has 0 heterocycles. The van der Waals surface area contributed by atoms with E-state index in [0.717, 1.165) is 4.90 Å². The van der Waals surface area contributed by atoms with E-state index < -0.39 is 6.61 Å². The van der Waals surface area contributed by atoms with Gasteiger partial charge in [-0.25, -0.2) is 0 Å². The number of ether oxygens (including phenoxy) is 1. The van der Waals surface area contributed by atoms with Crippen molar-refractivity contribution in [3.8, 4) is 5.75 Å². The lowest BCUT2D eigenvalue weighted by atomic mass is 10.3. The second kappa shape index (κ2) is 9.40. The van der Waals surface area contributed by atoms with Gasteiger partial charge in [-0.15, -0.1) is 11.8 Å². The highest BCUT2D eigenvalue weighted by Gasteiger charge is 2.10. The van der Waals surface area contributed by atoms with E-state index in [9.17, 15) is 18.4 Å². The largest absolute Gasteiger partial charge is 0.433 e. The number of halogens is 3. The summed E-state index contributed by atoms with van der Waals surface area (Å²) in [6.07, 6.45) is 0. The lowest BCUT2D eigenvalue weighted by Gasteiger charge is -2.09. The maximum Gasteiger partial charge on any atom is 0.387 e. The zero-order chi connectivity index (χ0) is 19.1. The molecule has 0 radical (unpaired) electrons. The fourth-order valence-electron chi connectivity index (χ4n) is 1.95. The summed E-state index contributed by atoms with van der Waals surface area (Å²) in [5, 5.41) is 5.26. The number of hydrogen-bond acceptors (Lipinski definition) is 4. The first-order chi connectivity index (χ1) is 12.3. The van der Waals surface area contributed by atoms with Gasteiger partial charge in [0.2, 0.25) is 11.8 Å². The average molecular weight is 401 g/mol. The van der Waals surface area contributed by atoms with E-state index in [0.29, 0.717) is 11.4 Å². The molecule has 0 aromatic heterocycles. The average Bonchev–Trinajstić information content (AvgIpc) is 2.56. The minimum absolute atomic E-state index is 0.0238. The number of thioether (sulfide) groups is 1. The van der Waals surface area contributed by atoms with Crippen LogP contribution in [-0.2, 0) is 9.59 Å². The summed E-state index contributed by atoms with van der Waals surface area (Å²) in [6, 6.07) is 11.1. The van der Waals surface area contributed by atoms with Gasteiger partial charge in [-0.3, -0.25) is 9.59 Å². The van der Waals surface area contributed by atoms with Crippen molar-refractivity contribution in [3.05, 3.63) is 47.5 Å². The van der Waals surface area contributed by atoms with Gasteiger partial charge in [-0.05, 0) is 42.5 Å². The number of nitrogens with one attached hydrogen (secondary N) is 2. The van der Waals surface area contributed by atoms with Crippen molar-refractivity contribution in [3.63, 3.8) is 0 Å². The molecule has 2 N–H and O–H groups in total. The number of anilines is 2. The van der Waals surface area contributed by atoms with Crippen LogP contribution in [0.25, 0.3) is 0 Å². The zero-order valence-electron chi connectivity index (χ0n) is 13.6. The maximum atomic E-state index is 12.2. The monoisotopic (exact) mass is 400 g/mol. The van der Waals surface area contributed by atoms with Crippen molar-refractivity contribution in [2.24, 2.45) is 0 Å². The second-order valence-electron chi connectivity index (χ2n) is 5.07. The van der Waals surface area contributed by atoms with Crippen LogP contribution in [0.15, 0.2) is 47.4 Å². The molecule has 5 nitrogen and oxygen atoms in total. The van der Waals surface area contributed by atoms with Crippen LogP contribution in [0.4, 0.5) is 20.2 Å². The molecule has 138 valence electrons. The Morgan fingerprint density at radius 3 is 2.35 bits per heavy atom. The minimum Gasteiger partial charge on any atom is -0.433 e. The number of amides is 2. The van der Waals surface area contributed by atoms with Gasteiger partial charge in [0.15, 0.2) is 0 Å². The summed E-state index contributed by atoms with van der Waals surface area (Å²) in [4.78, 5) is 23.8. The Balaban J connectivity index is 1.86.